The Labute approximate surface area is 128 Å². The van der Waals surface area contributed by atoms with Gasteiger partial charge in [-0.2, -0.15) is 0 Å². The van der Waals surface area contributed by atoms with Crippen LogP contribution in [0.5, 0.6) is 0 Å². The molecule has 1 saturated carbocycles. The summed E-state index contributed by atoms with van der Waals surface area (Å²) in [5.74, 6) is -0.789. The van der Waals surface area contributed by atoms with E-state index in [0.717, 1.165) is 44.1 Å². The first-order chi connectivity index (χ1) is 10.1. The van der Waals surface area contributed by atoms with Gasteiger partial charge in [0.05, 0.1) is 12.0 Å². The standard InChI is InChI=1S/C16H21NO3S/c18-14(19)8-16(6-3-7-16)10-17-15(20)12-9-21-13-5-2-1-4-11(12)13/h9H,1-8,10H2,(H,17,20)(H,18,19). The molecule has 0 bridgehead atoms. The number of carboxylic acid groups (broad SMARTS) is 1. The number of aryl methyl sites for hydroxylation is 1. The van der Waals surface area contributed by atoms with Crippen LogP contribution in [0, 0.1) is 5.41 Å². The number of aliphatic carboxylic acids is 1. The molecule has 1 aromatic heterocycles. The lowest BCUT2D eigenvalue weighted by Gasteiger charge is -2.40. The summed E-state index contributed by atoms with van der Waals surface area (Å²) in [7, 11) is 0. The van der Waals surface area contributed by atoms with Crippen LogP contribution in [0.2, 0.25) is 0 Å². The molecule has 0 saturated heterocycles. The predicted molar refractivity (Wildman–Crippen MR) is 81.8 cm³/mol. The number of nitrogens with one attached hydrogen (secondary N) is 1. The van der Waals surface area contributed by atoms with Crippen molar-refractivity contribution in [2.75, 3.05) is 6.54 Å². The summed E-state index contributed by atoms with van der Waals surface area (Å²) in [6.07, 6.45) is 7.51. The lowest BCUT2D eigenvalue weighted by atomic mass is 9.66. The van der Waals surface area contributed by atoms with Crippen molar-refractivity contribution >= 4 is 23.2 Å². The third kappa shape index (κ3) is 2.98. The zero-order valence-electron chi connectivity index (χ0n) is 12.1. The van der Waals surface area contributed by atoms with Gasteiger partial charge in [-0.15, -0.1) is 11.3 Å². The molecule has 2 aliphatic carbocycles. The van der Waals surface area contributed by atoms with E-state index in [1.165, 1.54) is 16.9 Å². The Morgan fingerprint density at radius 3 is 2.67 bits per heavy atom. The molecule has 1 aromatic rings. The van der Waals surface area contributed by atoms with Gasteiger partial charge in [0.2, 0.25) is 0 Å². The predicted octanol–water partition coefficient (Wildman–Crippen LogP) is 3.00. The summed E-state index contributed by atoms with van der Waals surface area (Å²) in [6, 6.07) is 0. The van der Waals surface area contributed by atoms with Gasteiger partial charge in [-0.25, -0.2) is 0 Å². The Balaban J connectivity index is 1.64. The summed E-state index contributed by atoms with van der Waals surface area (Å²) < 4.78 is 0. The van der Waals surface area contributed by atoms with Gasteiger partial charge in [-0.3, -0.25) is 9.59 Å². The number of rotatable bonds is 5. The highest BCUT2D eigenvalue weighted by Crippen LogP contribution is 2.43. The third-order valence-electron chi connectivity index (χ3n) is 4.87. The quantitative estimate of drug-likeness (QED) is 0.879. The summed E-state index contributed by atoms with van der Waals surface area (Å²) in [4.78, 5) is 24.7. The van der Waals surface area contributed by atoms with E-state index < -0.39 is 5.97 Å². The lowest BCUT2D eigenvalue weighted by Crippen LogP contribution is -2.43. The van der Waals surface area contributed by atoms with Crippen molar-refractivity contribution in [1.82, 2.24) is 5.32 Å². The van der Waals surface area contributed by atoms with Crippen LogP contribution in [-0.2, 0) is 17.6 Å². The normalized spacial score (nSPS) is 19.4. The molecule has 1 heterocycles. The molecule has 3 rings (SSSR count). The second kappa shape index (κ2) is 5.79. The Morgan fingerprint density at radius 2 is 2.00 bits per heavy atom. The van der Waals surface area contributed by atoms with Crippen molar-refractivity contribution in [3.05, 3.63) is 21.4 Å². The minimum atomic E-state index is -0.767. The van der Waals surface area contributed by atoms with Gasteiger partial charge in [0.15, 0.2) is 0 Å². The topological polar surface area (TPSA) is 66.4 Å². The largest absolute Gasteiger partial charge is 0.481 e. The summed E-state index contributed by atoms with van der Waals surface area (Å²) in [5.41, 5.74) is 1.83. The molecule has 0 aromatic carbocycles. The fraction of sp³-hybridized carbons (Fsp3) is 0.625. The number of thiophene rings is 1. The Hall–Kier alpha value is -1.36. The number of hydrogen-bond donors (Lipinski definition) is 2. The number of fused-ring (bicyclic) bond motifs is 1. The first-order valence-corrected chi connectivity index (χ1v) is 8.57. The highest BCUT2D eigenvalue weighted by atomic mass is 32.1. The van der Waals surface area contributed by atoms with Crippen LogP contribution >= 0.6 is 11.3 Å². The highest BCUT2D eigenvalue weighted by molar-refractivity contribution is 7.10. The molecule has 1 fully saturated rings. The third-order valence-corrected chi connectivity index (χ3v) is 5.96. The summed E-state index contributed by atoms with van der Waals surface area (Å²) in [5, 5.41) is 14.0. The monoisotopic (exact) mass is 307 g/mol. The van der Waals surface area contributed by atoms with Crippen LogP contribution in [0.3, 0.4) is 0 Å². The number of carbonyl (C=O) groups excluding carboxylic acids is 1. The molecule has 5 heteroatoms. The van der Waals surface area contributed by atoms with Crippen molar-refractivity contribution in [2.45, 2.75) is 51.4 Å². The van der Waals surface area contributed by atoms with E-state index in [0.29, 0.717) is 6.54 Å². The number of amides is 1. The van der Waals surface area contributed by atoms with Crippen LogP contribution in [0.15, 0.2) is 5.38 Å². The zero-order chi connectivity index (χ0) is 14.9. The van der Waals surface area contributed by atoms with E-state index in [-0.39, 0.29) is 17.7 Å². The first kappa shape index (κ1) is 14.6. The molecule has 0 radical (unpaired) electrons. The summed E-state index contributed by atoms with van der Waals surface area (Å²) in [6.45, 7) is 0.489. The Kier molecular flexibility index (Phi) is 4.02. The number of carbonyl (C=O) groups is 2. The Bertz CT molecular complexity index is 560. The van der Waals surface area contributed by atoms with Crippen LogP contribution in [0.1, 0.15) is 59.3 Å². The van der Waals surface area contributed by atoms with Gasteiger partial charge in [-0.1, -0.05) is 6.42 Å². The summed E-state index contributed by atoms with van der Waals surface area (Å²) >= 11 is 1.69. The molecule has 1 amide bonds. The molecule has 0 atom stereocenters. The maximum Gasteiger partial charge on any atom is 0.303 e. The van der Waals surface area contributed by atoms with Crippen LogP contribution in [-0.4, -0.2) is 23.5 Å². The maximum absolute atomic E-state index is 12.4. The SMILES string of the molecule is O=C(O)CC1(CNC(=O)c2csc3c2CCCC3)CCC1. The average molecular weight is 307 g/mol. The van der Waals surface area contributed by atoms with Gasteiger partial charge in [-0.05, 0) is 49.5 Å². The number of hydrogen-bond acceptors (Lipinski definition) is 3. The fourth-order valence-corrected chi connectivity index (χ4v) is 4.59. The van der Waals surface area contributed by atoms with E-state index in [1.54, 1.807) is 11.3 Å². The maximum atomic E-state index is 12.4. The van der Waals surface area contributed by atoms with Crippen molar-refractivity contribution in [3.8, 4) is 0 Å². The van der Waals surface area contributed by atoms with Gasteiger partial charge >= 0.3 is 5.97 Å². The number of carboxylic acids is 1. The van der Waals surface area contributed by atoms with E-state index in [9.17, 15) is 9.59 Å². The van der Waals surface area contributed by atoms with Gasteiger partial charge in [0.25, 0.3) is 5.91 Å². The van der Waals surface area contributed by atoms with E-state index >= 15 is 0 Å². The van der Waals surface area contributed by atoms with E-state index in [1.807, 2.05) is 5.38 Å². The second-order valence-corrected chi connectivity index (χ2v) is 7.33. The van der Waals surface area contributed by atoms with Gasteiger partial charge in [0, 0.05) is 16.8 Å². The van der Waals surface area contributed by atoms with Crippen LogP contribution in [0.25, 0.3) is 0 Å². The molecule has 4 nitrogen and oxygen atoms in total. The van der Waals surface area contributed by atoms with E-state index in [4.69, 9.17) is 5.11 Å². The minimum absolute atomic E-state index is 0.0222. The van der Waals surface area contributed by atoms with Crippen LogP contribution < -0.4 is 5.32 Å². The molecule has 21 heavy (non-hydrogen) atoms. The van der Waals surface area contributed by atoms with Crippen molar-refractivity contribution < 1.29 is 14.7 Å². The first-order valence-electron chi connectivity index (χ1n) is 7.69. The van der Waals surface area contributed by atoms with Crippen molar-refractivity contribution in [2.24, 2.45) is 5.41 Å². The second-order valence-electron chi connectivity index (χ2n) is 6.36. The molecule has 0 spiro atoms. The minimum Gasteiger partial charge on any atom is -0.481 e. The molecular formula is C16H21NO3S. The highest BCUT2D eigenvalue weighted by Gasteiger charge is 2.39. The van der Waals surface area contributed by atoms with Crippen molar-refractivity contribution in [1.29, 1.82) is 0 Å². The molecule has 2 N–H and O–H groups in total. The molecule has 114 valence electrons. The van der Waals surface area contributed by atoms with Crippen LogP contribution in [0.4, 0.5) is 0 Å². The van der Waals surface area contributed by atoms with Gasteiger partial charge < -0.3 is 10.4 Å². The van der Waals surface area contributed by atoms with Gasteiger partial charge in [0.1, 0.15) is 0 Å². The average Bonchev–Trinajstić information content (AvgIpc) is 2.85. The zero-order valence-corrected chi connectivity index (χ0v) is 12.9. The van der Waals surface area contributed by atoms with Crippen molar-refractivity contribution in [3.63, 3.8) is 0 Å². The Morgan fingerprint density at radius 1 is 1.24 bits per heavy atom. The molecular weight excluding hydrogens is 286 g/mol. The molecule has 0 unspecified atom stereocenters. The molecule has 2 aliphatic rings. The molecule has 0 aliphatic heterocycles. The fourth-order valence-electron chi connectivity index (χ4n) is 3.46. The van der Waals surface area contributed by atoms with E-state index in [2.05, 4.69) is 5.32 Å². The smallest absolute Gasteiger partial charge is 0.303 e. The lowest BCUT2D eigenvalue weighted by molar-refractivity contribution is -0.141.